The molecule has 0 aliphatic carbocycles. The van der Waals surface area contributed by atoms with E-state index in [1.54, 1.807) is 12.1 Å². The number of fused-ring (bicyclic) bond motifs is 1. The highest BCUT2D eigenvalue weighted by atomic mass is 79.9. The van der Waals surface area contributed by atoms with Gasteiger partial charge in [0.2, 0.25) is 0 Å². The quantitative estimate of drug-likeness (QED) is 0.816. The largest absolute Gasteiger partial charge is 0.450 e. The normalized spacial score (nSPS) is 16.1. The molecule has 0 unspecified atom stereocenters. The van der Waals surface area contributed by atoms with E-state index in [-0.39, 0.29) is 5.91 Å². The molecule has 2 aromatic rings. The number of hydrogen-bond acceptors (Lipinski definition) is 2. The van der Waals surface area contributed by atoms with E-state index < -0.39 is 0 Å². The number of halogens is 1. The number of carbonyl (C=O) groups is 1. The number of para-hydroxylation sites is 1. The van der Waals surface area contributed by atoms with Crippen LogP contribution in [0.5, 0.6) is 0 Å². The molecule has 3 rings (SSSR count). The Morgan fingerprint density at radius 1 is 1.18 bits per heavy atom. The molecule has 0 spiro atoms. The summed E-state index contributed by atoms with van der Waals surface area (Å²) in [4.78, 5) is 11.8. The standard InChI is InChI=1S/C13H8BrNO2/c14-12-6-5-8(17-12)7-10-9-3-1-2-4-11(9)15-13(10)16/h1-7H,(H,15,16)/b10-7-. The van der Waals surface area contributed by atoms with Crippen LogP contribution in [0.4, 0.5) is 5.69 Å². The summed E-state index contributed by atoms with van der Waals surface area (Å²) >= 11 is 3.23. The fraction of sp³-hybridized carbons (Fsp3) is 0. The van der Waals surface area contributed by atoms with Crippen LogP contribution in [0.3, 0.4) is 0 Å². The molecular formula is C13H8BrNO2. The summed E-state index contributed by atoms with van der Waals surface area (Å²) in [5, 5.41) is 2.81. The highest BCUT2D eigenvalue weighted by Gasteiger charge is 2.23. The van der Waals surface area contributed by atoms with Crippen molar-refractivity contribution in [2.75, 3.05) is 5.32 Å². The minimum Gasteiger partial charge on any atom is -0.450 e. The molecule has 1 aromatic heterocycles. The van der Waals surface area contributed by atoms with Gasteiger partial charge in [0.15, 0.2) is 4.67 Å². The van der Waals surface area contributed by atoms with Gasteiger partial charge in [0.05, 0.1) is 5.57 Å². The third-order valence-electron chi connectivity index (χ3n) is 2.59. The minimum absolute atomic E-state index is 0.0984. The molecule has 4 heteroatoms. The van der Waals surface area contributed by atoms with Gasteiger partial charge in [-0.1, -0.05) is 18.2 Å². The van der Waals surface area contributed by atoms with Crippen molar-refractivity contribution in [3.8, 4) is 0 Å². The van der Waals surface area contributed by atoms with E-state index in [0.29, 0.717) is 16.0 Å². The molecule has 0 saturated carbocycles. The third-order valence-corrected chi connectivity index (χ3v) is 3.02. The lowest BCUT2D eigenvalue weighted by molar-refractivity contribution is -0.110. The first-order valence-corrected chi connectivity index (χ1v) is 5.91. The van der Waals surface area contributed by atoms with Gasteiger partial charge in [0.25, 0.3) is 5.91 Å². The Labute approximate surface area is 106 Å². The summed E-state index contributed by atoms with van der Waals surface area (Å²) in [5.74, 6) is 0.553. The van der Waals surface area contributed by atoms with E-state index in [0.717, 1.165) is 11.3 Å². The predicted molar refractivity (Wildman–Crippen MR) is 69.4 cm³/mol. The smallest absolute Gasteiger partial charge is 0.256 e. The van der Waals surface area contributed by atoms with E-state index >= 15 is 0 Å². The summed E-state index contributed by atoms with van der Waals surface area (Å²) in [6.45, 7) is 0. The number of rotatable bonds is 1. The molecule has 0 bridgehead atoms. The van der Waals surface area contributed by atoms with Crippen LogP contribution in [0.25, 0.3) is 11.6 Å². The van der Waals surface area contributed by atoms with Crippen LogP contribution in [0, 0.1) is 0 Å². The third kappa shape index (κ3) is 1.80. The Morgan fingerprint density at radius 2 is 2.00 bits per heavy atom. The molecule has 1 amide bonds. The number of furan rings is 1. The number of amides is 1. The zero-order valence-corrected chi connectivity index (χ0v) is 10.3. The molecule has 0 saturated heterocycles. The lowest BCUT2D eigenvalue weighted by Crippen LogP contribution is -2.03. The molecule has 1 aliphatic rings. The van der Waals surface area contributed by atoms with Crippen LogP contribution in [-0.4, -0.2) is 5.91 Å². The summed E-state index contributed by atoms with van der Waals surface area (Å²) < 4.78 is 6.02. The van der Waals surface area contributed by atoms with Gasteiger partial charge in [-0.2, -0.15) is 0 Å². The van der Waals surface area contributed by atoms with E-state index in [2.05, 4.69) is 21.2 Å². The molecule has 1 aliphatic heterocycles. The van der Waals surface area contributed by atoms with Crippen LogP contribution >= 0.6 is 15.9 Å². The van der Waals surface area contributed by atoms with Crippen molar-refractivity contribution in [2.45, 2.75) is 0 Å². The Morgan fingerprint density at radius 3 is 2.76 bits per heavy atom. The van der Waals surface area contributed by atoms with Gasteiger partial charge >= 0.3 is 0 Å². The van der Waals surface area contributed by atoms with Crippen molar-refractivity contribution in [1.82, 2.24) is 0 Å². The first-order valence-electron chi connectivity index (χ1n) is 5.12. The molecule has 0 atom stereocenters. The van der Waals surface area contributed by atoms with Gasteiger partial charge in [0, 0.05) is 11.3 Å². The van der Waals surface area contributed by atoms with E-state index in [1.165, 1.54) is 0 Å². The molecule has 17 heavy (non-hydrogen) atoms. The van der Waals surface area contributed by atoms with Crippen molar-refractivity contribution in [2.24, 2.45) is 0 Å². The Bertz CT molecular complexity index is 628. The second kappa shape index (κ2) is 3.89. The maximum atomic E-state index is 11.8. The van der Waals surface area contributed by atoms with Crippen LogP contribution in [0.1, 0.15) is 11.3 Å². The summed E-state index contributed by atoms with van der Waals surface area (Å²) in [6.07, 6.45) is 1.74. The van der Waals surface area contributed by atoms with Gasteiger partial charge in [-0.05, 0) is 40.2 Å². The molecular weight excluding hydrogens is 282 g/mol. The fourth-order valence-electron chi connectivity index (χ4n) is 1.83. The summed E-state index contributed by atoms with van der Waals surface area (Å²) in [5.41, 5.74) is 2.38. The fourth-order valence-corrected chi connectivity index (χ4v) is 2.15. The molecule has 1 aromatic carbocycles. The Kier molecular flexibility index (Phi) is 2.37. The summed E-state index contributed by atoms with van der Waals surface area (Å²) in [7, 11) is 0. The molecule has 0 fully saturated rings. The van der Waals surface area contributed by atoms with Crippen molar-refractivity contribution in [1.29, 1.82) is 0 Å². The van der Waals surface area contributed by atoms with Gasteiger partial charge < -0.3 is 9.73 Å². The molecule has 84 valence electrons. The second-order valence-corrected chi connectivity index (χ2v) is 4.48. The average molecular weight is 290 g/mol. The van der Waals surface area contributed by atoms with Crippen molar-refractivity contribution >= 4 is 39.2 Å². The zero-order chi connectivity index (χ0) is 11.8. The predicted octanol–water partition coefficient (Wildman–Crippen LogP) is 3.53. The van der Waals surface area contributed by atoms with Crippen LogP contribution < -0.4 is 5.32 Å². The van der Waals surface area contributed by atoms with E-state index in [1.807, 2.05) is 30.3 Å². The molecule has 0 radical (unpaired) electrons. The van der Waals surface area contributed by atoms with E-state index in [4.69, 9.17) is 4.42 Å². The zero-order valence-electron chi connectivity index (χ0n) is 8.74. The lowest BCUT2D eigenvalue weighted by atomic mass is 10.1. The number of anilines is 1. The second-order valence-electron chi connectivity index (χ2n) is 3.70. The van der Waals surface area contributed by atoms with Crippen molar-refractivity contribution in [3.63, 3.8) is 0 Å². The number of benzene rings is 1. The van der Waals surface area contributed by atoms with Gasteiger partial charge in [-0.3, -0.25) is 4.79 Å². The van der Waals surface area contributed by atoms with Crippen molar-refractivity contribution < 1.29 is 9.21 Å². The molecule has 2 heterocycles. The molecule has 1 N–H and O–H groups in total. The SMILES string of the molecule is O=C1Nc2ccccc2/C1=C/c1ccc(Br)o1. The maximum Gasteiger partial charge on any atom is 0.256 e. The number of nitrogens with one attached hydrogen (secondary N) is 1. The Balaban J connectivity index is 2.09. The van der Waals surface area contributed by atoms with E-state index in [9.17, 15) is 4.79 Å². The van der Waals surface area contributed by atoms with Gasteiger partial charge in [0.1, 0.15) is 5.76 Å². The number of carbonyl (C=O) groups excluding carboxylic acids is 1. The summed E-state index contributed by atoms with van der Waals surface area (Å²) in [6, 6.07) is 11.2. The van der Waals surface area contributed by atoms with Gasteiger partial charge in [-0.25, -0.2) is 0 Å². The van der Waals surface area contributed by atoms with Crippen LogP contribution in [0.15, 0.2) is 45.5 Å². The maximum absolute atomic E-state index is 11.8. The van der Waals surface area contributed by atoms with Crippen LogP contribution in [0.2, 0.25) is 0 Å². The molecule has 3 nitrogen and oxygen atoms in total. The topological polar surface area (TPSA) is 42.2 Å². The first-order chi connectivity index (χ1) is 8.24. The minimum atomic E-state index is -0.0984. The Hall–Kier alpha value is -1.81. The lowest BCUT2D eigenvalue weighted by Gasteiger charge is -1.95. The highest BCUT2D eigenvalue weighted by Crippen LogP contribution is 2.33. The number of hydrogen-bond donors (Lipinski definition) is 1. The first kappa shape index (κ1) is 10.4. The monoisotopic (exact) mass is 289 g/mol. The van der Waals surface area contributed by atoms with Crippen molar-refractivity contribution in [3.05, 3.63) is 52.4 Å². The van der Waals surface area contributed by atoms with Crippen LogP contribution in [-0.2, 0) is 4.79 Å². The highest BCUT2D eigenvalue weighted by molar-refractivity contribution is 9.10. The average Bonchev–Trinajstić information content (AvgIpc) is 2.85. The van der Waals surface area contributed by atoms with Gasteiger partial charge in [-0.15, -0.1) is 0 Å².